The van der Waals surface area contributed by atoms with Gasteiger partial charge in [-0.25, -0.2) is 0 Å². The number of nitrogens with zero attached hydrogens (tertiary/aromatic N) is 1. The molecule has 0 bridgehead atoms. The number of benzene rings is 1. The van der Waals surface area contributed by atoms with Gasteiger partial charge in [0.05, 0.1) is 12.1 Å². The lowest BCUT2D eigenvalue weighted by atomic mass is 10.1. The summed E-state index contributed by atoms with van der Waals surface area (Å²) in [7, 11) is 0. The first-order chi connectivity index (χ1) is 6.83. The minimum atomic E-state index is 0.953. The summed E-state index contributed by atoms with van der Waals surface area (Å²) in [5, 5.41) is 0. The van der Waals surface area contributed by atoms with Gasteiger partial charge in [-0.05, 0) is 12.5 Å². The van der Waals surface area contributed by atoms with E-state index in [4.69, 9.17) is 5.73 Å². The summed E-state index contributed by atoms with van der Waals surface area (Å²) >= 11 is 0. The van der Waals surface area contributed by atoms with Crippen LogP contribution in [0.3, 0.4) is 0 Å². The molecule has 1 aliphatic heterocycles. The summed E-state index contributed by atoms with van der Waals surface area (Å²) in [6, 6.07) is 8.40. The molecule has 0 saturated heterocycles. The van der Waals surface area contributed by atoms with Gasteiger partial charge in [0.2, 0.25) is 0 Å². The Morgan fingerprint density at radius 1 is 1.36 bits per heavy atom. The summed E-state index contributed by atoms with van der Waals surface area (Å²) in [5.41, 5.74) is 8.66. The highest BCUT2D eigenvalue weighted by Crippen LogP contribution is 2.16. The van der Waals surface area contributed by atoms with Crippen LogP contribution in [0.15, 0.2) is 24.3 Å². The Morgan fingerprint density at radius 3 is 2.86 bits per heavy atom. The van der Waals surface area contributed by atoms with Gasteiger partial charge in [-0.2, -0.15) is 0 Å². The number of hydrogen-bond donors (Lipinski definition) is 1. The van der Waals surface area contributed by atoms with Gasteiger partial charge in [0, 0.05) is 5.56 Å². The van der Waals surface area contributed by atoms with Gasteiger partial charge in [-0.15, -0.1) is 0 Å². The van der Waals surface area contributed by atoms with Gasteiger partial charge in [0.15, 0.2) is 0 Å². The molecule has 2 heteroatoms. The van der Waals surface area contributed by atoms with Crippen LogP contribution in [0.2, 0.25) is 0 Å². The third kappa shape index (κ3) is 1.52. The molecular formula is C12H17N2+. The molecule has 2 rings (SSSR count). The minimum Gasteiger partial charge on any atom is -0.287 e. The fourth-order valence-electron chi connectivity index (χ4n) is 1.92. The SMILES string of the molecule is CCCC[N+]1=C(N)c2ccccc2C1. The van der Waals surface area contributed by atoms with Gasteiger partial charge in [-0.1, -0.05) is 31.5 Å². The van der Waals surface area contributed by atoms with Crippen molar-refractivity contribution in [2.45, 2.75) is 26.3 Å². The van der Waals surface area contributed by atoms with Crippen LogP contribution in [0, 0.1) is 0 Å². The largest absolute Gasteiger partial charge is 0.287 e. The predicted octanol–water partition coefficient (Wildman–Crippen LogP) is 1.72. The zero-order valence-electron chi connectivity index (χ0n) is 8.66. The Kier molecular flexibility index (Phi) is 2.53. The maximum absolute atomic E-state index is 6.07. The molecule has 0 fully saturated rings. The van der Waals surface area contributed by atoms with Crippen molar-refractivity contribution in [2.75, 3.05) is 6.54 Å². The molecule has 0 aliphatic carbocycles. The van der Waals surface area contributed by atoms with Crippen LogP contribution in [-0.2, 0) is 6.54 Å². The first kappa shape index (κ1) is 9.25. The Bertz CT molecular complexity index is 366. The van der Waals surface area contributed by atoms with E-state index in [9.17, 15) is 0 Å². The molecule has 2 N–H and O–H groups in total. The zero-order valence-corrected chi connectivity index (χ0v) is 8.66. The van der Waals surface area contributed by atoms with E-state index >= 15 is 0 Å². The number of nitrogens with two attached hydrogens (primary N) is 1. The first-order valence-electron chi connectivity index (χ1n) is 5.28. The normalized spacial score (nSPS) is 14.6. The summed E-state index contributed by atoms with van der Waals surface area (Å²) in [6.07, 6.45) is 2.44. The second kappa shape index (κ2) is 3.82. The van der Waals surface area contributed by atoms with Crippen LogP contribution in [-0.4, -0.2) is 17.0 Å². The fraction of sp³-hybridized carbons (Fsp3) is 0.417. The Hall–Kier alpha value is -1.31. The van der Waals surface area contributed by atoms with E-state index in [2.05, 4.69) is 35.8 Å². The van der Waals surface area contributed by atoms with E-state index in [1.807, 2.05) is 0 Å². The number of fused-ring (bicyclic) bond motifs is 1. The molecule has 74 valence electrons. The van der Waals surface area contributed by atoms with Crippen molar-refractivity contribution in [3.63, 3.8) is 0 Å². The molecule has 0 amide bonds. The van der Waals surface area contributed by atoms with Crippen LogP contribution in [0.1, 0.15) is 30.9 Å². The molecule has 1 aliphatic rings. The number of amidine groups is 1. The molecule has 1 aromatic rings. The molecule has 2 nitrogen and oxygen atoms in total. The van der Waals surface area contributed by atoms with E-state index in [1.165, 1.54) is 24.0 Å². The second-order valence-electron chi connectivity index (χ2n) is 3.82. The van der Waals surface area contributed by atoms with Crippen LogP contribution >= 0.6 is 0 Å². The number of unbranched alkanes of at least 4 members (excludes halogenated alkanes) is 1. The highest BCUT2D eigenvalue weighted by atomic mass is 15.1. The van der Waals surface area contributed by atoms with Crippen molar-refractivity contribution >= 4 is 5.84 Å². The molecule has 0 spiro atoms. The number of rotatable bonds is 3. The van der Waals surface area contributed by atoms with Gasteiger partial charge in [0.1, 0.15) is 6.54 Å². The lowest BCUT2D eigenvalue weighted by Gasteiger charge is -2.00. The van der Waals surface area contributed by atoms with Crippen molar-refractivity contribution in [3.8, 4) is 0 Å². The third-order valence-corrected chi connectivity index (χ3v) is 2.78. The maximum atomic E-state index is 6.07. The topological polar surface area (TPSA) is 29.0 Å². The lowest BCUT2D eigenvalue weighted by Crippen LogP contribution is -2.24. The van der Waals surface area contributed by atoms with Crippen LogP contribution < -0.4 is 5.73 Å². The quantitative estimate of drug-likeness (QED) is 0.721. The summed E-state index contributed by atoms with van der Waals surface area (Å²) < 4.78 is 2.27. The standard InChI is InChI=1S/C12H16N2/c1-2-3-8-14-9-10-6-4-5-7-11(10)12(14)13/h4-7,13H,2-3,8-9H2,1H3/p+1. The molecular weight excluding hydrogens is 172 g/mol. The van der Waals surface area contributed by atoms with Gasteiger partial charge < -0.3 is 0 Å². The molecule has 1 aromatic carbocycles. The highest BCUT2D eigenvalue weighted by molar-refractivity contribution is 5.96. The molecule has 0 atom stereocenters. The van der Waals surface area contributed by atoms with Crippen molar-refractivity contribution in [2.24, 2.45) is 5.73 Å². The smallest absolute Gasteiger partial charge is 0.275 e. The van der Waals surface area contributed by atoms with Gasteiger partial charge >= 0.3 is 0 Å². The average Bonchev–Trinajstić information content (AvgIpc) is 2.54. The number of hydrogen-bond acceptors (Lipinski definition) is 1. The zero-order chi connectivity index (χ0) is 9.97. The van der Waals surface area contributed by atoms with E-state index < -0.39 is 0 Å². The summed E-state index contributed by atoms with van der Waals surface area (Å²) in [6.45, 7) is 4.28. The summed E-state index contributed by atoms with van der Waals surface area (Å²) in [5.74, 6) is 0.953. The molecule has 0 radical (unpaired) electrons. The average molecular weight is 189 g/mol. The van der Waals surface area contributed by atoms with Crippen molar-refractivity contribution in [1.82, 2.24) is 0 Å². The Morgan fingerprint density at radius 2 is 2.14 bits per heavy atom. The van der Waals surface area contributed by atoms with Gasteiger partial charge in [0.25, 0.3) is 5.84 Å². The lowest BCUT2D eigenvalue weighted by molar-refractivity contribution is -0.540. The van der Waals surface area contributed by atoms with Gasteiger partial charge in [-0.3, -0.25) is 10.3 Å². The molecule has 0 saturated carbocycles. The Balaban J connectivity index is 2.21. The molecule has 0 aromatic heterocycles. The van der Waals surface area contributed by atoms with E-state index in [0.29, 0.717) is 0 Å². The van der Waals surface area contributed by atoms with E-state index in [0.717, 1.165) is 18.9 Å². The fourth-order valence-corrected chi connectivity index (χ4v) is 1.92. The van der Waals surface area contributed by atoms with E-state index in [-0.39, 0.29) is 0 Å². The monoisotopic (exact) mass is 189 g/mol. The Labute approximate surface area is 85.1 Å². The summed E-state index contributed by atoms with van der Waals surface area (Å²) in [4.78, 5) is 0. The molecule has 0 unspecified atom stereocenters. The molecule has 14 heavy (non-hydrogen) atoms. The van der Waals surface area contributed by atoms with E-state index in [1.54, 1.807) is 0 Å². The first-order valence-corrected chi connectivity index (χ1v) is 5.28. The van der Waals surface area contributed by atoms with Crippen molar-refractivity contribution in [1.29, 1.82) is 0 Å². The molecule has 1 heterocycles. The maximum Gasteiger partial charge on any atom is 0.275 e. The third-order valence-electron chi connectivity index (χ3n) is 2.78. The minimum absolute atomic E-state index is 0.953. The van der Waals surface area contributed by atoms with Crippen molar-refractivity contribution in [3.05, 3.63) is 35.4 Å². The highest BCUT2D eigenvalue weighted by Gasteiger charge is 2.22. The van der Waals surface area contributed by atoms with Crippen molar-refractivity contribution < 1.29 is 4.58 Å². The van der Waals surface area contributed by atoms with Crippen LogP contribution in [0.5, 0.6) is 0 Å². The second-order valence-corrected chi connectivity index (χ2v) is 3.82. The van der Waals surface area contributed by atoms with Crippen LogP contribution in [0.25, 0.3) is 0 Å². The van der Waals surface area contributed by atoms with Crippen LogP contribution in [0.4, 0.5) is 0 Å². The predicted molar refractivity (Wildman–Crippen MR) is 58.5 cm³/mol.